The summed E-state index contributed by atoms with van der Waals surface area (Å²) in [7, 11) is 0. The lowest BCUT2D eigenvalue weighted by molar-refractivity contribution is -0.138. The van der Waals surface area contributed by atoms with Gasteiger partial charge in [0.05, 0.1) is 19.3 Å². The van der Waals surface area contributed by atoms with Gasteiger partial charge in [0.1, 0.15) is 0 Å². The maximum Gasteiger partial charge on any atom is 0.225 e. The SMILES string of the molecule is CC(C)C(=O)N1CCC(C(=O)NC2COCC2Cc2ccncc2)CC1. The van der Waals surface area contributed by atoms with E-state index in [1.165, 1.54) is 5.56 Å². The number of likely N-dealkylation sites (tertiary alicyclic amines) is 1. The summed E-state index contributed by atoms with van der Waals surface area (Å²) in [6.45, 7) is 6.45. The highest BCUT2D eigenvalue weighted by Gasteiger charge is 2.33. The molecule has 142 valence electrons. The fourth-order valence-electron chi connectivity index (χ4n) is 3.81. The summed E-state index contributed by atoms with van der Waals surface area (Å²) >= 11 is 0. The second kappa shape index (κ2) is 8.62. The predicted octanol–water partition coefficient (Wildman–Crippen LogP) is 1.65. The lowest BCUT2D eigenvalue weighted by atomic mass is 9.92. The molecule has 1 aromatic heterocycles. The summed E-state index contributed by atoms with van der Waals surface area (Å²) in [6, 6.07) is 4.09. The molecule has 6 nitrogen and oxygen atoms in total. The van der Waals surface area contributed by atoms with Gasteiger partial charge in [-0.1, -0.05) is 13.8 Å². The number of ether oxygens (including phenoxy) is 1. The zero-order valence-corrected chi connectivity index (χ0v) is 15.7. The number of carbonyl (C=O) groups excluding carboxylic acids is 2. The lowest BCUT2D eigenvalue weighted by Gasteiger charge is -2.33. The zero-order chi connectivity index (χ0) is 18.5. The van der Waals surface area contributed by atoms with Crippen LogP contribution in [0.3, 0.4) is 0 Å². The van der Waals surface area contributed by atoms with Gasteiger partial charge in [0.15, 0.2) is 0 Å². The van der Waals surface area contributed by atoms with E-state index < -0.39 is 0 Å². The molecule has 0 aromatic carbocycles. The van der Waals surface area contributed by atoms with Gasteiger partial charge in [0.25, 0.3) is 0 Å². The molecular formula is C20H29N3O3. The minimum atomic E-state index is -0.00612. The van der Waals surface area contributed by atoms with E-state index in [0.717, 1.165) is 19.3 Å². The predicted molar refractivity (Wildman–Crippen MR) is 98.3 cm³/mol. The maximum atomic E-state index is 12.7. The first-order valence-electron chi connectivity index (χ1n) is 9.60. The molecule has 2 fully saturated rings. The standard InChI is InChI=1S/C20H29N3O3/c1-14(2)20(25)23-9-5-16(6-10-23)19(24)22-18-13-26-12-17(18)11-15-3-7-21-8-4-15/h3-4,7-8,14,16-18H,5-6,9-13H2,1-2H3,(H,22,24). The van der Waals surface area contributed by atoms with Gasteiger partial charge < -0.3 is 15.0 Å². The first-order chi connectivity index (χ1) is 12.5. The number of rotatable bonds is 5. The average Bonchev–Trinajstić information content (AvgIpc) is 3.08. The molecule has 26 heavy (non-hydrogen) atoms. The fourth-order valence-corrected chi connectivity index (χ4v) is 3.81. The lowest BCUT2D eigenvalue weighted by Crippen LogP contribution is -2.48. The van der Waals surface area contributed by atoms with Gasteiger partial charge in [-0.15, -0.1) is 0 Å². The summed E-state index contributed by atoms with van der Waals surface area (Å²) in [6.07, 6.45) is 5.96. The number of hydrogen-bond donors (Lipinski definition) is 1. The van der Waals surface area contributed by atoms with Gasteiger partial charge in [-0.05, 0) is 37.0 Å². The molecule has 0 bridgehead atoms. The molecule has 6 heteroatoms. The number of carbonyl (C=O) groups is 2. The Morgan fingerprint density at radius 3 is 2.58 bits per heavy atom. The Hall–Kier alpha value is -1.95. The van der Waals surface area contributed by atoms with Gasteiger partial charge >= 0.3 is 0 Å². The van der Waals surface area contributed by atoms with Crippen molar-refractivity contribution in [1.29, 1.82) is 0 Å². The number of pyridine rings is 1. The minimum Gasteiger partial charge on any atom is -0.379 e. The second-order valence-electron chi connectivity index (χ2n) is 7.73. The molecule has 2 atom stereocenters. The third-order valence-corrected chi connectivity index (χ3v) is 5.44. The first kappa shape index (κ1) is 18.8. The van der Waals surface area contributed by atoms with Gasteiger partial charge in [-0.2, -0.15) is 0 Å². The molecule has 0 saturated carbocycles. The molecule has 1 aromatic rings. The molecule has 2 aliphatic rings. The third-order valence-electron chi connectivity index (χ3n) is 5.44. The van der Waals surface area contributed by atoms with E-state index in [1.54, 1.807) is 12.4 Å². The van der Waals surface area contributed by atoms with E-state index in [1.807, 2.05) is 30.9 Å². The van der Waals surface area contributed by atoms with Crippen LogP contribution in [0.2, 0.25) is 0 Å². The Morgan fingerprint density at radius 1 is 1.23 bits per heavy atom. The van der Waals surface area contributed by atoms with Gasteiger partial charge in [-0.25, -0.2) is 0 Å². The zero-order valence-electron chi connectivity index (χ0n) is 15.7. The molecule has 0 spiro atoms. The van der Waals surface area contributed by atoms with Crippen molar-refractivity contribution in [3.8, 4) is 0 Å². The van der Waals surface area contributed by atoms with Crippen molar-refractivity contribution in [2.45, 2.75) is 39.2 Å². The highest BCUT2D eigenvalue weighted by Crippen LogP contribution is 2.22. The third kappa shape index (κ3) is 4.61. The summed E-state index contributed by atoms with van der Waals surface area (Å²) < 4.78 is 5.62. The molecule has 2 amide bonds. The van der Waals surface area contributed by atoms with E-state index in [9.17, 15) is 9.59 Å². The molecule has 3 rings (SSSR count). The molecule has 2 saturated heterocycles. The Balaban J connectivity index is 1.49. The van der Waals surface area contributed by atoms with Crippen LogP contribution in [0.15, 0.2) is 24.5 Å². The van der Waals surface area contributed by atoms with Gasteiger partial charge in [-0.3, -0.25) is 14.6 Å². The van der Waals surface area contributed by atoms with Crippen LogP contribution in [0, 0.1) is 17.8 Å². The van der Waals surface area contributed by atoms with Crippen LogP contribution < -0.4 is 5.32 Å². The van der Waals surface area contributed by atoms with Crippen molar-refractivity contribution in [3.05, 3.63) is 30.1 Å². The number of hydrogen-bond acceptors (Lipinski definition) is 4. The number of piperidine rings is 1. The molecule has 0 aliphatic carbocycles. The van der Waals surface area contributed by atoms with Crippen LogP contribution in [0.25, 0.3) is 0 Å². The Kier molecular flexibility index (Phi) is 6.25. The Morgan fingerprint density at radius 2 is 1.92 bits per heavy atom. The molecule has 2 unspecified atom stereocenters. The topological polar surface area (TPSA) is 71.5 Å². The van der Waals surface area contributed by atoms with Crippen molar-refractivity contribution in [1.82, 2.24) is 15.2 Å². The Bertz CT molecular complexity index is 612. The monoisotopic (exact) mass is 359 g/mol. The smallest absolute Gasteiger partial charge is 0.225 e. The quantitative estimate of drug-likeness (QED) is 0.868. The number of nitrogens with one attached hydrogen (secondary N) is 1. The highest BCUT2D eigenvalue weighted by atomic mass is 16.5. The molecule has 0 radical (unpaired) electrons. The summed E-state index contributed by atoms with van der Waals surface area (Å²) in [5.74, 6) is 0.602. The Labute approximate surface area is 155 Å². The van der Waals surface area contributed by atoms with E-state index >= 15 is 0 Å². The number of amides is 2. The van der Waals surface area contributed by atoms with Crippen molar-refractivity contribution < 1.29 is 14.3 Å². The van der Waals surface area contributed by atoms with Gasteiger partial charge in [0.2, 0.25) is 11.8 Å². The normalized spacial score (nSPS) is 24.0. The van der Waals surface area contributed by atoms with Crippen molar-refractivity contribution in [3.63, 3.8) is 0 Å². The number of aromatic nitrogens is 1. The van der Waals surface area contributed by atoms with Crippen LogP contribution in [-0.2, 0) is 20.7 Å². The minimum absolute atomic E-state index is 0.00612. The summed E-state index contributed by atoms with van der Waals surface area (Å²) in [4.78, 5) is 30.7. The fraction of sp³-hybridized carbons (Fsp3) is 0.650. The van der Waals surface area contributed by atoms with Gasteiger partial charge in [0, 0.05) is 43.2 Å². The molecule has 1 N–H and O–H groups in total. The van der Waals surface area contributed by atoms with E-state index in [2.05, 4.69) is 10.3 Å². The molecule has 2 aliphatic heterocycles. The van der Waals surface area contributed by atoms with Crippen LogP contribution in [0.4, 0.5) is 0 Å². The van der Waals surface area contributed by atoms with Crippen LogP contribution in [0.1, 0.15) is 32.3 Å². The largest absolute Gasteiger partial charge is 0.379 e. The summed E-state index contributed by atoms with van der Waals surface area (Å²) in [5.41, 5.74) is 1.22. The van der Waals surface area contributed by atoms with Crippen molar-refractivity contribution >= 4 is 11.8 Å². The highest BCUT2D eigenvalue weighted by molar-refractivity contribution is 5.81. The second-order valence-corrected chi connectivity index (χ2v) is 7.73. The van der Waals surface area contributed by atoms with Crippen LogP contribution in [-0.4, -0.2) is 54.0 Å². The molecule has 3 heterocycles. The van der Waals surface area contributed by atoms with Crippen LogP contribution >= 0.6 is 0 Å². The van der Waals surface area contributed by atoms with Crippen molar-refractivity contribution in [2.24, 2.45) is 17.8 Å². The maximum absolute atomic E-state index is 12.7. The van der Waals surface area contributed by atoms with E-state index in [0.29, 0.717) is 32.2 Å². The van der Waals surface area contributed by atoms with Crippen molar-refractivity contribution in [2.75, 3.05) is 26.3 Å². The molecular weight excluding hydrogens is 330 g/mol. The summed E-state index contributed by atoms with van der Waals surface area (Å²) in [5, 5.41) is 3.20. The van der Waals surface area contributed by atoms with Crippen LogP contribution in [0.5, 0.6) is 0 Å². The number of nitrogens with zero attached hydrogens (tertiary/aromatic N) is 2. The van der Waals surface area contributed by atoms with E-state index in [4.69, 9.17) is 4.74 Å². The first-order valence-corrected chi connectivity index (χ1v) is 9.60. The average molecular weight is 359 g/mol. The van der Waals surface area contributed by atoms with E-state index in [-0.39, 0.29) is 29.7 Å².